The van der Waals surface area contributed by atoms with Gasteiger partial charge in [0.2, 0.25) is 0 Å². The Balaban J connectivity index is 1.37. The second kappa shape index (κ2) is 8.49. The summed E-state index contributed by atoms with van der Waals surface area (Å²) in [6, 6.07) is 5.07. The van der Waals surface area contributed by atoms with Crippen molar-refractivity contribution >= 4 is 27.4 Å². The number of hydrogen-bond donors (Lipinski definition) is 3. The minimum atomic E-state index is -3.28. The maximum absolute atomic E-state index is 14.8. The van der Waals surface area contributed by atoms with Gasteiger partial charge in [0.25, 0.3) is 0 Å². The van der Waals surface area contributed by atoms with Crippen molar-refractivity contribution in [2.45, 2.75) is 69.1 Å². The van der Waals surface area contributed by atoms with E-state index in [1.807, 2.05) is 19.9 Å². The lowest BCUT2D eigenvalue weighted by molar-refractivity contribution is 0.0974. The van der Waals surface area contributed by atoms with E-state index in [4.69, 9.17) is 4.74 Å². The van der Waals surface area contributed by atoms with Gasteiger partial charge < -0.3 is 15.4 Å². The molecule has 2 aromatic rings. The first kappa shape index (κ1) is 21.6. The summed E-state index contributed by atoms with van der Waals surface area (Å²) in [7, 11) is -3.28. The Morgan fingerprint density at radius 3 is 2.94 bits per heavy atom. The fraction of sp³-hybridized carbons (Fsp3) is 0.524. The Morgan fingerprint density at radius 2 is 2.16 bits per heavy atom. The normalized spacial score (nSPS) is 22.7. The van der Waals surface area contributed by atoms with Gasteiger partial charge in [0.05, 0.1) is 17.2 Å². The lowest BCUT2D eigenvalue weighted by Gasteiger charge is -2.16. The number of aromatic amines is 1. The zero-order valence-corrected chi connectivity index (χ0v) is 18.4. The number of H-pyrrole nitrogens is 1. The largest absolute Gasteiger partial charge is 0.446 e. The third-order valence-corrected chi connectivity index (χ3v) is 7.49. The topological polar surface area (TPSA) is 113 Å². The Hall–Kier alpha value is -2.62. The van der Waals surface area contributed by atoms with Crippen LogP contribution in [0.25, 0.3) is 0 Å². The molecular weight excluding hydrogens is 423 g/mol. The Morgan fingerprint density at radius 1 is 1.35 bits per heavy atom. The molecule has 3 atom stereocenters. The van der Waals surface area contributed by atoms with Gasteiger partial charge >= 0.3 is 6.09 Å². The minimum absolute atomic E-state index is 0.0747. The molecule has 1 amide bonds. The van der Waals surface area contributed by atoms with Gasteiger partial charge in [0, 0.05) is 29.3 Å². The number of rotatable bonds is 6. The minimum Gasteiger partial charge on any atom is -0.446 e. The van der Waals surface area contributed by atoms with Crippen LogP contribution in [0.1, 0.15) is 62.3 Å². The third kappa shape index (κ3) is 4.84. The van der Waals surface area contributed by atoms with Crippen LogP contribution in [0.15, 0.2) is 18.2 Å². The molecule has 0 unspecified atom stereocenters. The number of alkyl carbamates (subject to hydrolysis) is 1. The number of benzene rings is 1. The highest BCUT2D eigenvalue weighted by Gasteiger charge is 2.31. The van der Waals surface area contributed by atoms with Gasteiger partial charge in [-0.05, 0) is 44.2 Å². The van der Waals surface area contributed by atoms with E-state index in [1.165, 1.54) is 0 Å². The quantitative estimate of drug-likeness (QED) is 0.616. The predicted octanol–water partition coefficient (Wildman–Crippen LogP) is 3.88. The fourth-order valence-corrected chi connectivity index (χ4v) is 5.72. The van der Waals surface area contributed by atoms with E-state index in [0.717, 1.165) is 25.0 Å². The van der Waals surface area contributed by atoms with Crippen LogP contribution in [0.4, 0.5) is 20.7 Å². The summed E-state index contributed by atoms with van der Waals surface area (Å²) in [5, 5.41) is 12.9. The standard InChI is InChI=1S/C21H27FN4O4S/c1-3-12(2)23-21(27)30-15-6-4-13(8-15)18-9-19(26-25-18)24-17-7-5-14-10-31(28,29)11-16(14)20(17)22/h5,7,9,12-13,15H,3-4,6,8,10-11H2,1-2H3,(H,23,27)(H2,24,25,26)/t12-,13+,15-/m0/s1. The molecule has 3 N–H and O–H groups in total. The molecule has 1 aliphatic heterocycles. The highest BCUT2D eigenvalue weighted by molar-refractivity contribution is 7.90. The van der Waals surface area contributed by atoms with Crippen LogP contribution in [0.3, 0.4) is 0 Å². The number of carbonyl (C=O) groups excluding carboxylic acids is 1. The Bertz CT molecular complexity index is 1090. The summed E-state index contributed by atoms with van der Waals surface area (Å²) in [4.78, 5) is 11.9. The van der Waals surface area contributed by atoms with Crippen LogP contribution in [-0.2, 0) is 26.1 Å². The zero-order valence-electron chi connectivity index (χ0n) is 17.6. The SMILES string of the molecule is CC[C@H](C)NC(=O)O[C@H]1CC[C@@H](c2cc(Nc3ccc4c(c3F)CS(=O)(=O)C4)n[nH]2)C1. The average molecular weight is 451 g/mol. The monoisotopic (exact) mass is 450 g/mol. The second-order valence-corrected chi connectivity index (χ2v) is 10.5. The van der Waals surface area contributed by atoms with Gasteiger partial charge in [-0.2, -0.15) is 5.10 Å². The second-order valence-electron chi connectivity index (χ2n) is 8.42. The van der Waals surface area contributed by atoms with Crippen molar-refractivity contribution < 1.29 is 22.3 Å². The van der Waals surface area contributed by atoms with Crippen LogP contribution in [0.2, 0.25) is 0 Å². The van der Waals surface area contributed by atoms with E-state index in [9.17, 15) is 17.6 Å². The number of nitrogens with zero attached hydrogens (tertiary/aromatic N) is 1. The van der Waals surface area contributed by atoms with Gasteiger partial charge in [-0.3, -0.25) is 5.10 Å². The van der Waals surface area contributed by atoms with Crippen LogP contribution in [0.5, 0.6) is 0 Å². The maximum atomic E-state index is 14.8. The number of ether oxygens (including phenoxy) is 1. The third-order valence-electron chi connectivity index (χ3n) is 6.01. The molecule has 8 nitrogen and oxygen atoms in total. The van der Waals surface area contributed by atoms with E-state index < -0.39 is 15.7 Å². The van der Waals surface area contributed by atoms with Crippen molar-refractivity contribution in [1.29, 1.82) is 0 Å². The molecule has 168 valence electrons. The van der Waals surface area contributed by atoms with E-state index in [2.05, 4.69) is 20.8 Å². The first-order valence-corrected chi connectivity index (χ1v) is 12.4. The first-order valence-electron chi connectivity index (χ1n) is 10.5. The molecule has 1 aromatic heterocycles. The smallest absolute Gasteiger partial charge is 0.407 e. The first-order chi connectivity index (χ1) is 14.7. The summed E-state index contributed by atoms with van der Waals surface area (Å²) in [6.45, 7) is 3.93. The van der Waals surface area contributed by atoms with Crippen LogP contribution in [-0.4, -0.2) is 36.9 Å². The van der Waals surface area contributed by atoms with Crippen molar-refractivity contribution in [2.24, 2.45) is 0 Å². The van der Waals surface area contributed by atoms with E-state index in [0.29, 0.717) is 17.8 Å². The number of amides is 1. The van der Waals surface area contributed by atoms with Gasteiger partial charge in [0.15, 0.2) is 21.5 Å². The van der Waals surface area contributed by atoms with Crippen LogP contribution < -0.4 is 10.6 Å². The number of aromatic nitrogens is 2. The number of hydrogen-bond acceptors (Lipinski definition) is 6. The lowest BCUT2D eigenvalue weighted by atomic mass is 10.0. The van der Waals surface area contributed by atoms with Crippen LogP contribution >= 0.6 is 0 Å². The Labute approximate surface area is 180 Å². The molecule has 2 heterocycles. The fourth-order valence-electron chi connectivity index (χ4n) is 4.12. The zero-order chi connectivity index (χ0) is 22.2. The van der Waals surface area contributed by atoms with Crippen LogP contribution in [0, 0.1) is 5.82 Å². The predicted molar refractivity (Wildman–Crippen MR) is 114 cm³/mol. The molecule has 10 heteroatoms. The van der Waals surface area contributed by atoms with Crippen molar-refractivity contribution in [3.63, 3.8) is 0 Å². The molecule has 0 spiro atoms. The number of fused-ring (bicyclic) bond motifs is 1. The van der Waals surface area contributed by atoms with Crippen molar-refractivity contribution in [1.82, 2.24) is 15.5 Å². The molecular formula is C21H27FN4O4S. The highest BCUT2D eigenvalue weighted by Crippen LogP contribution is 2.37. The summed E-state index contributed by atoms with van der Waals surface area (Å²) >= 11 is 0. The maximum Gasteiger partial charge on any atom is 0.407 e. The van der Waals surface area contributed by atoms with E-state index in [1.54, 1.807) is 12.1 Å². The summed E-state index contributed by atoms with van der Waals surface area (Å²) in [5.74, 6) is -0.325. The van der Waals surface area contributed by atoms with Crippen molar-refractivity contribution in [2.75, 3.05) is 5.32 Å². The van der Waals surface area contributed by atoms with Crippen molar-refractivity contribution in [3.05, 3.63) is 40.8 Å². The number of nitrogens with one attached hydrogen (secondary N) is 3. The molecule has 1 aromatic carbocycles. The van der Waals surface area contributed by atoms with E-state index in [-0.39, 0.29) is 46.9 Å². The lowest BCUT2D eigenvalue weighted by Crippen LogP contribution is -2.34. The number of carbonyl (C=O) groups is 1. The molecule has 0 bridgehead atoms. The molecule has 4 rings (SSSR count). The average Bonchev–Trinajstić information content (AvgIpc) is 3.42. The molecule has 1 saturated carbocycles. The molecule has 1 aliphatic carbocycles. The molecule has 31 heavy (non-hydrogen) atoms. The van der Waals surface area contributed by atoms with Gasteiger partial charge in [0.1, 0.15) is 6.10 Å². The van der Waals surface area contributed by atoms with E-state index >= 15 is 0 Å². The highest BCUT2D eigenvalue weighted by atomic mass is 32.2. The molecule has 0 saturated heterocycles. The molecule has 2 aliphatic rings. The van der Waals surface area contributed by atoms with Gasteiger partial charge in [-0.25, -0.2) is 17.6 Å². The Kier molecular flexibility index (Phi) is 5.92. The molecule has 1 fully saturated rings. The van der Waals surface area contributed by atoms with Gasteiger partial charge in [-0.1, -0.05) is 13.0 Å². The number of sulfone groups is 1. The molecule has 0 radical (unpaired) electrons. The van der Waals surface area contributed by atoms with Crippen molar-refractivity contribution in [3.8, 4) is 0 Å². The summed E-state index contributed by atoms with van der Waals surface area (Å²) in [6.07, 6.45) is 2.63. The van der Waals surface area contributed by atoms with Gasteiger partial charge in [-0.15, -0.1) is 0 Å². The summed E-state index contributed by atoms with van der Waals surface area (Å²) < 4.78 is 43.9. The number of halogens is 1. The summed E-state index contributed by atoms with van der Waals surface area (Å²) in [5.41, 5.74) is 1.83. The number of anilines is 2.